The Morgan fingerprint density at radius 2 is 2.18 bits per heavy atom. The third-order valence-electron chi connectivity index (χ3n) is 5.59. The van der Waals surface area contributed by atoms with E-state index in [0.717, 1.165) is 0 Å². The van der Waals surface area contributed by atoms with Crippen LogP contribution in [0.2, 0.25) is 0 Å². The Morgan fingerprint density at radius 3 is 2.79 bits per heavy atom. The molecule has 2 aliphatic heterocycles. The molecule has 1 fully saturated rings. The molecule has 8 nitrogen and oxygen atoms in total. The van der Waals surface area contributed by atoms with E-state index in [4.69, 9.17) is 9.73 Å². The van der Waals surface area contributed by atoms with Crippen molar-refractivity contribution < 1.29 is 22.3 Å². The van der Waals surface area contributed by atoms with E-state index in [-0.39, 0.29) is 13.0 Å². The summed E-state index contributed by atoms with van der Waals surface area (Å²) in [4.78, 5) is 24.3. The second kappa shape index (κ2) is 9.84. The first-order valence-corrected chi connectivity index (χ1v) is 14.0. The molecule has 2 atom stereocenters. The average molecular weight is 571 g/mol. The summed E-state index contributed by atoms with van der Waals surface area (Å²) in [6.07, 6.45) is 1.93. The monoisotopic (exact) mass is 570 g/mol. The normalized spacial score (nSPS) is 20.5. The molecule has 2 aromatic rings. The van der Waals surface area contributed by atoms with Crippen LogP contribution in [0, 0.1) is 5.82 Å². The van der Waals surface area contributed by atoms with Crippen LogP contribution in [0.15, 0.2) is 50.5 Å². The van der Waals surface area contributed by atoms with Crippen molar-refractivity contribution in [3.8, 4) is 0 Å². The molecule has 4 rings (SSSR count). The van der Waals surface area contributed by atoms with E-state index in [1.54, 1.807) is 33.0 Å². The molecule has 3 heterocycles. The van der Waals surface area contributed by atoms with Crippen LogP contribution in [0.5, 0.6) is 0 Å². The number of benzene rings is 1. The average Bonchev–Trinajstić information content (AvgIpc) is 3.42. The van der Waals surface area contributed by atoms with Gasteiger partial charge in [0.25, 0.3) is 0 Å². The Bertz CT molecular complexity index is 1260. The zero-order valence-electron chi connectivity index (χ0n) is 18.8. The van der Waals surface area contributed by atoms with Crippen LogP contribution in [-0.2, 0) is 19.6 Å². The summed E-state index contributed by atoms with van der Waals surface area (Å²) in [7, 11) is -3.54. The number of fused-ring (bicyclic) bond motifs is 1. The number of hydrogen-bond acceptors (Lipinski definition) is 8. The molecule has 0 aliphatic carbocycles. The molecule has 1 aromatic carbocycles. The molecule has 1 saturated heterocycles. The van der Waals surface area contributed by atoms with Crippen molar-refractivity contribution in [2.75, 3.05) is 13.2 Å². The molecule has 0 amide bonds. The van der Waals surface area contributed by atoms with Crippen LogP contribution in [-0.4, -0.2) is 54.6 Å². The van der Waals surface area contributed by atoms with Crippen molar-refractivity contribution in [1.82, 2.24) is 14.6 Å². The van der Waals surface area contributed by atoms with Crippen LogP contribution in [0.3, 0.4) is 0 Å². The standard InChI is InChI=1S/C22H24BrFN4O4S2/c1-4-32-22(29)18-17-10-14(27-34(30,31)12(2)3)11-28(17)20(21-25-7-8-33-21)26-19(18)15-6-5-13(24)9-16(15)23/h5-9,12,14,19,27H,4,10-11H2,1-3H3/t14?,19-/m0/s1. The van der Waals surface area contributed by atoms with Crippen LogP contribution >= 0.6 is 27.3 Å². The highest BCUT2D eigenvalue weighted by molar-refractivity contribution is 9.10. The maximum absolute atomic E-state index is 13.8. The minimum Gasteiger partial charge on any atom is -0.463 e. The van der Waals surface area contributed by atoms with Crippen molar-refractivity contribution in [1.29, 1.82) is 0 Å². The molecule has 12 heteroatoms. The second-order valence-electron chi connectivity index (χ2n) is 8.16. The summed E-state index contributed by atoms with van der Waals surface area (Å²) in [5.74, 6) is -0.435. The number of nitrogens with one attached hydrogen (secondary N) is 1. The van der Waals surface area contributed by atoms with Gasteiger partial charge in [0, 0.05) is 40.8 Å². The van der Waals surface area contributed by atoms with Gasteiger partial charge in [-0.1, -0.05) is 22.0 Å². The molecule has 0 saturated carbocycles. The lowest BCUT2D eigenvalue weighted by Gasteiger charge is -2.31. The fourth-order valence-electron chi connectivity index (χ4n) is 3.96. The molecule has 2 aliphatic rings. The molecular weight excluding hydrogens is 547 g/mol. The molecule has 182 valence electrons. The Hall–Kier alpha value is -2.15. The van der Waals surface area contributed by atoms with Gasteiger partial charge in [-0.2, -0.15) is 0 Å². The number of thiazole rings is 1. The predicted molar refractivity (Wildman–Crippen MR) is 131 cm³/mol. The quantitative estimate of drug-likeness (QED) is 0.508. The molecule has 0 radical (unpaired) electrons. The minimum atomic E-state index is -3.54. The lowest BCUT2D eigenvalue weighted by molar-refractivity contribution is -0.139. The molecule has 0 spiro atoms. The lowest BCUT2D eigenvalue weighted by atomic mass is 9.94. The second-order valence-corrected chi connectivity index (χ2v) is 12.2. The molecule has 1 unspecified atom stereocenters. The number of aliphatic imine (C=N–C) groups is 1. The highest BCUT2D eigenvalue weighted by Gasteiger charge is 2.43. The number of amidine groups is 1. The summed E-state index contributed by atoms with van der Waals surface area (Å²) < 4.78 is 47.5. The zero-order chi connectivity index (χ0) is 24.6. The number of aromatic nitrogens is 1. The van der Waals surface area contributed by atoms with Gasteiger partial charge in [-0.05, 0) is 38.5 Å². The summed E-state index contributed by atoms with van der Waals surface area (Å²) in [5.41, 5.74) is 1.52. The van der Waals surface area contributed by atoms with Gasteiger partial charge in [0.1, 0.15) is 11.9 Å². The molecular formula is C22H24BrFN4O4S2. The first kappa shape index (κ1) is 25.0. The van der Waals surface area contributed by atoms with Crippen LogP contribution in [0.1, 0.15) is 43.8 Å². The zero-order valence-corrected chi connectivity index (χ0v) is 22.0. The van der Waals surface area contributed by atoms with Gasteiger partial charge in [0.2, 0.25) is 10.0 Å². The van der Waals surface area contributed by atoms with Gasteiger partial charge >= 0.3 is 5.97 Å². The molecule has 0 bridgehead atoms. The molecule has 1 aromatic heterocycles. The van der Waals surface area contributed by atoms with Gasteiger partial charge in [-0.15, -0.1) is 11.3 Å². The SMILES string of the molecule is CCOC(=O)C1=C2CC(NS(=O)(=O)C(C)C)CN2C(c2nccs2)=N[C@H]1c1ccc(F)cc1Br. The van der Waals surface area contributed by atoms with Gasteiger partial charge in [-0.3, -0.25) is 4.99 Å². The lowest BCUT2D eigenvalue weighted by Crippen LogP contribution is -2.42. The Labute approximate surface area is 210 Å². The van der Waals surface area contributed by atoms with Gasteiger partial charge < -0.3 is 9.64 Å². The van der Waals surface area contributed by atoms with Crippen LogP contribution in [0.25, 0.3) is 0 Å². The minimum absolute atomic E-state index is 0.166. The Morgan fingerprint density at radius 1 is 1.41 bits per heavy atom. The van der Waals surface area contributed by atoms with Crippen molar-refractivity contribution in [2.45, 2.75) is 44.5 Å². The summed E-state index contributed by atoms with van der Waals surface area (Å²) in [5, 5.41) is 1.86. The smallest absolute Gasteiger partial charge is 0.338 e. The van der Waals surface area contributed by atoms with Gasteiger partial charge in [0.15, 0.2) is 10.8 Å². The van der Waals surface area contributed by atoms with E-state index in [1.165, 1.54) is 23.5 Å². The van der Waals surface area contributed by atoms with Crippen molar-refractivity contribution in [3.63, 3.8) is 0 Å². The van der Waals surface area contributed by atoms with Crippen LogP contribution < -0.4 is 4.72 Å². The summed E-state index contributed by atoms with van der Waals surface area (Å²) in [6, 6.07) is 2.97. The Kier molecular flexibility index (Phi) is 7.22. The summed E-state index contributed by atoms with van der Waals surface area (Å²) in [6.45, 7) is 5.39. The van der Waals surface area contributed by atoms with Crippen LogP contribution in [0.4, 0.5) is 4.39 Å². The first-order valence-electron chi connectivity index (χ1n) is 10.7. The number of sulfonamides is 1. The van der Waals surface area contributed by atoms with Crippen molar-refractivity contribution >= 4 is 49.1 Å². The highest BCUT2D eigenvalue weighted by atomic mass is 79.9. The van der Waals surface area contributed by atoms with Gasteiger partial charge in [-0.25, -0.2) is 27.3 Å². The maximum Gasteiger partial charge on any atom is 0.338 e. The maximum atomic E-state index is 13.8. The highest BCUT2D eigenvalue weighted by Crippen LogP contribution is 2.42. The predicted octanol–water partition coefficient (Wildman–Crippen LogP) is 3.77. The van der Waals surface area contributed by atoms with Gasteiger partial charge in [0.05, 0.1) is 17.4 Å². The number of hydrogen-bond donors (Lipinski definition) is 1. The largest absolute Gasteiger partial charge is 0.463 e. The number of ether oxygens (including phenoxy) is 1. The number of nitrogens with zero attached hydrogens (tertiary/aromatic N) is 3. The van der Waals surface area contributed by atoms with E-state index in [2.05, 4.69) is 25.6 Å². The van der Waals surface area contributed by atoms with E-state index in [0.29, 0.717) is 38.7 Å². The van der Waals surface area contributed by atoms with E-state index in [1.807, 2.05) is 10.3 Å². The molecule has 34 heavy (non-hydrogen) atoms. The van der Waals surface area contributed by atoms with E-state index in [9.17, 15) is 17.6 Å². The topological polar surface area (TPSA) is 101 Å². The fourth-order valence-corrected chi connectivity index (χ4v) is 6.06. The third-order valence-corrected chi connectivity index (χ3v) is 8.95. The number of esters is 1. The number of rotatable bonds is 7. The number of carbonyl (C=O) groups is 1. The van der Waals surface area contributed by atoms with E-state index >= 15 is 0 Å². The molecule has 1 N–H and O–H groups in total. The number of halogens is 2. The number of carbonyl (C=O) groups excluding carboxylic acids is 1. The van der Waals surface area contributed by atoms with E-state index < -0.39 is 39.1 Å². The Balaban J connectivity index is 1.87. The third kappa shape index (κ3) is 4.81. The summed E-state index contributed by atoms with van der Waals surface area (Å²) >= 11 is 4.79. The first-order chi connectivity index (χ1) is 16.1. The fraction of sp³-hybridized carbons (Fsp3) is 0.409. The van der Waals surface area contributed by atoms with Crippen molar-refractivity contribution in [2.24, 2.45) is 4.99 Å². The van der Waals surface area contributed by atoms with Crippen molar-refractivity contribution in [3.05, 3.63) is 61.9 Å².